The molecule has 0 unspecified atom stereocenters. The van der Waals surface area contributed by atoms with Crippen molar-refractivity contribution in [3.63, 3.8) is 0 Å². The molecule has 0 saturated carbocycles. The number of methoxy groups -OCH3 is 1. The number of amides is 1. The molecule has 0 bridgehead atoms. The molecule has 2 rings (SSSR count). The number of rotatable bonds is 7. The van der Waals surface area contributed by atoms with Crippen LogP contribution in [-0.2, 0) is 9.53 Å². The normalized spacial score (nSPS) is 10.9. The monoisotopic (exact) mass is 383 g/mol. The van der Waals surface area contributed by atoms with Gasteiger partial charge in [-0.15, -0.1) is 0 Å². The molecule has 2 aromatic carbocycles. The lowest BCUT2D eigenvalue weighted by Gasteiger charge is -2.20. The fraction of sp³-hybridized carbons (Fsp3) is 0.391. The summed E-state index contributed by atoms with van der Waals surface area (Å²) in [6, 6.07) is 11.1. The maximum absolute atomic E-state index is 12.6. The van der Waals surface area contributed by atoms with Gasteiger partial charge in [-0.3, -0.25) is 4.79 Å². The molecule has 0 radical (unpaired) electrons. The first-order valence-corrected chi connectivity index (χ1v) is 9.49. The average molecular weight is 383 g/mol. The second kappa shape index (κ2) is 9.40. The minimum Gasteiger partial charge on any atom is -0.483 e. The Morgan fingerprint density at radius 3 is 2.14 bits per heavy atom. The van der Waals surface area contributed by atoms with Crippen molar-refractivity contribution < 1.29 is 19.1 Å². The van der Waals surface area contributed by atoms with Crippen LogP contribution in [0, 0.1) is 6.92 Å². The Labute approximate surface area is 167 Å². The molecule has 1 N–H and O–H groups in total. The van der Waals surface area contributed by atoms with Gasteiger partial charge in [0.1, 0.15) is 5.75 Å². The maximum Gasteiger partial charge on any atom is 0.337 e. The molecular weight excluding hydrogens is 354 g/mol. The number of hydrogen-bond donors (Lipinski definition) is 1. The van der Waals surface area contributed by atoms with Crippen molar-refractivity contribution in [3.8, 4) is 5.75 Å². The van der Waals surface area contributed by atoms with Crippen LogP contribution in [-0.4, -0.2) is 25.6 Å². The van der Waals surface area contributed by atoms with Crippen LogP contribution in [0.3, 0.4) is 0 Å². The van der Waals surface area contributed by atoms with E-state index in [2.05, 4.69) is 33.0 Å². The third-order valence-electron chi connectivity index (χ3n) is 4.61. The number of esters is 1. The van der Waals surface area contributed by atoms with Crippen molar-refractivity contribution in [1.82, 2.24) is 0 Å². The van der Waals surface area contributed by atoms with E-state index in [1.807, 2.05) is 25.1 Å². The van der Waals surface area contributed by atoms with Crippen molar-refractivity contribution in [2.24, 2.45) is 0 Å². The summed E-state index contributed by atoms with van der Waals surface area (Å²) >= 11 is 0. The van der Waals surface area contributed by atoms with Gasteiger partial charge in [-0.1, -0.05) is 52.0 Å². The van der Waals surface area contributed by atoms with Crippen LogP contribution in [0.25, 0.3) is 0 Å². The molecule has 150 valence electrons. The lowest BCUT2D eigenvalue weighted by Crippen LogP contribution is -2.22. The van der Waals surface area contributed by atoms with Crippen molar-refractivity contribution in [1.29, 1.82) is 0 Å². The highest BCUT2D eigenvalue weighted by Crippen LogP contribution is 2.32. The highest BCUT2D eigenvalue weighted by atomic mass is 16.5. The summed E-state index contributed by atoms with van der Waals surface area (Å²) in [6.45, 7) is 10.1. The zero-order valence-electron chi connectivity index (χ0n) is 17.5. The van der Waals surface area contributed by atoms with E-state index in [9.17, 15) is 9.59 Å². The Bertz CT molecular complexity index is 829. The Morgan fingerprint density at radius 2 is 1.61 bits per heavy atom. The van der Waals surface area contributed by atoms with Crippen LogP contribution in [0.5, 0.6) is 5.75 Å². The summed E-state index contributed by atoms with van der Waals surface area (Å²) < 4.78 is 10.4. The Balaban J connectivity index is 2.17. The molecule has 0 aliphatic rings. The number of anilines is 1. The summed E-state index contributed by atoms with van der Waals surface area (Å²) in [5.41, 5.74) is 4.29. The average Bonchev–Trinajstić information content (AvgIpc) is 2.66. The van der Waals surface area contributed by atoms with Crippen LogP contribution >= 0.6 is 0 Å². The summed E-state index contributed by atoms with van der Waals surface area (Å²) in [5, 5.41) is 3.02. The second-order valence-electron chi connectivity index (χ2n) is 7.43. The van der Waals surface area contributed by atoms with Gasteiger partial charge < -0.3 is 14.8 Å². The van der Waals surface area contributed by atoms with Gasteiger partial charge in [0.2, 0.25) is 0 Å². The van der Waals surface area contributed by atoms with Crippen molar-refractivity contribution in [2.75, 3.05) is 19.0 Å². The number of ether oxygens (including phenoxy) is 2. The molecule has 0 saturated heterocycles. The predicted octanol–water partition coefficient (Wildman–Crippen LogP) is 5.05. The molecular formula is C23H29NO4. The van der Waals surface area contributed by atoms with E-state index in [0.29, 0.717) is 11.3 Å². The van der Waals surface area contributed by atoms with E-state index >= 15 is 0 Å². The number of nitrogens with one attached hydrogen (secondary N) is 1. The van der Waals surface area contributed by atoms with Gasteiger partial charge in [0.05, 0.1) is 12.7 Å². The highest BCUT2D eigenvalue weighted by Gasteiger charge is 2.17. The largest absolute Gasteiger partial charge is 0.483 e. The molecule has 0 spiro atoms. The van der Waals surface area contributed by atoms with Gasteiger partial charge in [-0.05, 0) is 47.6 Å². The molecule has 28 heavy (non-hydrogen) atoms. The van der Waals surface area contributed by atoms with E-state index in [0.717, 1.165) is 22.4 Å². The molecule has 0 aliphatic carbocycles. The van der Waals surface area contributed by atoms with E-state index in [1.165, 1.54) is 7.11 Å². The number of para-hydroxylation sites is 1. The first-order chi connectivity index (χ1) is 13.2. The zero-order chi connectivity index (χ0) is 20.8. The Morgan fingerprint density at radius 1 is 1.00 bits per heavy atom. The number of benzene rings is 2. The molecule has 0 aliphatic heterocycles. The number of carbonyl (C=O) groups excluding carboxylic acids is 2. The number of hydrogen-bond acceptors (Lipinski definition) is 4. The van der Waals surface area contributed by atoms with Crippen LogP contribution in [0.2, 0.25) is 0 Å². The minimum atomic E-state index is -0.443. The smallest absolute Gasteiger partial charge is 0.337 e. The van der Waals surface area contributed by atoms with Gasteiger partial charge >= 0.3 is 5.97 Å². The third-order valence-corrected chi connectivity index (χ3v) is 4.61. The summed E-state index contributed by atoms with van der Waals surface area (Å²) in [6.07, 6.45) is 0. The van der Waals surface area contributed by atoms with E-state index in [1.54, 1.807) is 18.2 Å². The van der Waals surface area contributed by atoms with Crippen molar-refractivity contribution in [2.45, 2.75) is 46.5 Å². The lowest BCUT2D eigenvalue weighted by molar-refractivity contribution is -0.118. The van der Waals surface area contributed by atoms with Crippen LogP contribution in [0.4, 0.5) is 5.69 Å². The molecule has 0 atom stereocenters. The topological polar surface area (TPSA) is 64.6 Å². The first-order valence-electron chi connectivity index (χ1n) is 9.49. The van der Waals surface area contributed by atoms with Crippen molar-refractivity contribution in [3.05, 3.63) is 58.7 Å². The molecule has 0 heterocycles. The number of aryl methyl sites for hydroxylation is 1. The molecule has 0 fully saturated rings. The van der Waals surface area contributed by atoms with Gasteiger partial charge in [0, 0.05) is 5.69 Å². The van der Waals surface area contributed by atoms with E-state index in [4.69, 9.17) is 9.47 Å². The quantitative estimate of drug-likeness (QED) is 0.680. The van der Waals surface area contributed by atoms with E-state index in [-0.39, 0.29) is 24.3 Å². The lowest BCUT2D eigenvalue weighted by atomic mass is 9.92. The minimum absolute atomic E-state index is 0.143. The van der Waals surface area contributed by atoms with Crippen LogP contribution in [0.1, 0.15) is 66.6 Å². The Kier molecular flexibility index (Phi) is 7.21. The fourth-order valence-electron chi connectivity index (χ4n) is 3.01. The Hall–Kier alpha value is -2.82. The highest BCUT2D eigenvalue weighted by molar-refractivity contribution is 5.94. The van der Waals surface area contributed by atoms with Gasteiger partial charge in [-0.25, -0.2) is 4.79 Å². The van der Waals surface area contributed by atoms with Gasteiger partial charge in [0.25, 0.3) is 5.91 Å². The van der Waals surface area contributed by atoms with Gasteiger partial charge in [-0.2, -0.15) is 0 Å². The zero-order valence-corrected chi connectivity index (χ0v) is 17.5. The molecule has 1 amide bonds. The van der Waals surface area contributed by atoms with E-state index < -0.39 is 5.97 Å². The molecule has 5 heteroatoms. The third kappa shape index (κ3) is 5.12. The fourth-order valence-corrected chi connectivity index (χ4v) is 3.01. The molecule has 2 aromatic rings. The van der Waals surface area contributed by atoms with Crippen LogP contribution < -0.4 is 10.1 Å². The molecule has 5 nitrogen and oxygen atoms in total. The summed E-state index contributed by atoms with van der Waals surface area (Å²) in [4.78, 5) is 24.3. The maximum atomic E-state index is 12.6. The summed E-state index contributed by atoms with van der Waals surface area (Å²) in [5.74, 6) is 0.377. The first kappa shape index (κ1) is 21.5. The predicted molar refractivity (Wildman–Crippen MR) is 111 cm³/mol. The number of carbonyl (C=O) groups is 2. The standard InChI is InChI=1S/C23H29NO4/c1-14(2)18-8-7-9-19(15(3)4)22(18)24-21(25)13-28-20-12-17(23(26)27-6)11-10-16(20)5/h7-12,14-15H,13H2,1-6H3,(H,24,25). The van der Waals surface area contributed by atoms with Gasteiger partial charge in [0.15, 0.2) is 6.61 Å². The summed E-state index contributed by atoms with van der Waals surface area (Å²) in [7, 11) is 1.33. The second-order valence-corrected chi connectivity index (χ2v) is 7.43. The van der Waals surface area contributed by atoms with Crippen molar-refractivity contribution >= 4 is 17.6 Å². The molecule has 0 aromatic heterocycles. The van der Waals surface area contributed by atoms with Crippen LogP contribution in [0.15, 0.2) is 36.4 Å². The SMILES string of the molecule is COC(=O)c1ccc(C)c(OCC(=O)Nc2c(C(C)C)cccc2C(C)C)c1.